The standard InChI is InChI=1S/C13H19N3OS/c1-13(2)6-7-16(8-9-18-13)12(17)10-4-3-5-11(14)15-10/h3-5H,6-9H2,1-2H3,(H2,14,15). The van der Waals surface area contributed by atoms with Crippen LogP contribution in [0.25, 0.3) is 0 Å². The van der Waals surface area contributed by atoms with E-state index < -0.39 is 0 Å². The molecule has 98 valence electrons. The van der Waals surface area contributed by atoms with Crippen LogP contribution >= 0.6 is 11.8 Å². The average molecular weight is 265 g/mol. The maximum Gasteiger partial charge on any atom is 0.272 e. The highest BCUT2D eigenvalue weighted by atomic mass is 32.2. The topological polar surface area (TPSA) is 59.2 Å². The summed E-state index contributed by atoms with van der Waals surface area (Å²) in [6, 6.07) is 5.19. The van der Waals surface area contributed by atoms with Gasteiger partial charge in [0.15, 0.2) is 0 Å². The second kappa shape index (κ2) is 5.18. The van der Waals surface area contributed by atoms with Crippen LogP contribution in [0.3, 0.4) is 0 Å². The van der Waals surface area contributed by atoms with Gasteiger partial charge in [-0.05, 0) is 18.6 Å². The Balaban J connectivity index is 2.10. The van der Waals surface area contributed by atoms with Crippen molar-refractivity contribution in [2.45, 2.75) is 25.0 Å². The van der Waals surface area contributed by atoms with Crippen LogP contribution in [0.2, 0.25) is 0 Å². The fourth-order valence-electron chi connectivity index (χ4n) is 1.96. The molecule has 0 bridgehead atoms. The number of pyridine rings is 1. The number of anilines is 1. The number of aromatic nitrogens is 1. The van der Waals surface area contributed by atoms with Gasteiger partial charge in [0.05, 0.1) is 0 Å². The van der Waals surface area contributed by atoms with E-state index in [1.165, 1.54) is 0 Å². The fraction of sp³-hybridized carbons (Fsp3) is 0.538. The van der Waals surface area contributed by atoms with E-state index in [2.05, 4.69) is 18.8 Å². The molecular weight excluding hydrogens is 246 g/mol. The third-order valence-corrected chi connectivity index (χ3v) is 4.49. The van der Waals surface area contributed by atoms with E-state index in [0.29, 0.717) is 11.5 Å². The lowest BCUT2D eigenvalue weighted by atomic mass is 10.1. The number of nitrogen functional groups attached to an aromatic ring is 1. The summed E-state index contributed by atoms with van der Waals surface area (Å²) in [4.78, 5) is 18.3. The third kappa shape index (κ3) is 3.16. The Labute approximate surface area is 112 Å². The predicted molar refractivity (Wildman–Crippen MR) is 75.7 cm³/mol. The van der Waals surface area contributed by atoms with Gasteiger partial charge in [0.2, 0.25) is 0 Å². The van der Waals surface area contributed by atoms with Gasteiger partial charge in [-0.1, -0.05) is 19.9 Å². The Kier molecular flexibility index (Phi) is 3.80. The van der Waals surface area contributed by atoms with Crippen LogP contribution in [0.15, 0.2) is 18.2 Å². The summed E-state index contributed by atoms with van der Waals surface area (Å²) in [6.45, 7) is 6.02. The molecular formula is C13H19N3OS. The van der Waals surface area contributed by atoms with Crippen molar-refractivity contribution < 1.29 is 4.79 Å². The molecule has 1 saturated heterocycles. The minimum Gasteiger partial charge on any atom is -0.384 e. The Hall–Kier alpha value is -1.23. The zero-order chi connectivity index (χ0) is 13.2. The highest BCUT2D eigenvalue weighted by molar-refractivity contribution is 8.00. The number of carbonyl (C=O) groups is 1. The molecule has 0 radical (unpaired) electrons. The fourth-order valence-corrected chi connectivity index (χ4v) is 3.06. The van der Waals surface area contributed by atoms with Crippen LogP contribution in [0, 0.1) is 0 Å². The van der Waals surface area contributed by atoms with Crippen molar-refractivity contribution >= 4 is 23.5 Å². The van der Waals surface area contributed by atoms with Crippen molar-refractivity contribution in [1.82, 2.24) is 9.88 Å². The number of amides is 1. The summed E-state index contributed by atoms with van der Waals surface area (Å²) < 4.78 is 0.248. The summed E-state index contributed by atoms with van der Waals surface area (Å²) in [5.41, 5.74) is 6.06. The quantitative estimate of drug-likeness (QED) is 0.844. The molecule has 0 aromatic carbocycles. The van der Waals surface area contributed by atoms with Gasteiger partial charge in [-0.25, -0.2) is 4.98 Å². The molecule has 0 atom stereocenters. The number of rotatable bonds is 1. The number of thioether (sulfide) groups is 1. The monoisotopic (exact) mass is 265 g/mol. The van der Waals surface area contributed by atoms with Crippen molar-refractivity contribution in [3.8, 4) is 0 Å². The number of hydrogen-bond acceptors (Lipinski definition) is 4. The van der Waals surface area contributed by atoms with E-state index in [1.54, 1.807) is 18.2 Å². The highest BCUT2D eigenvalue weighted by Gasteiger charge is 2.26. The van der Waals surface area contributed by atoms with Gasteiger partial charge in [0, 0.05) is 23.6 Å². The largest absolute Gasteiger partial charge is 0.384 e. The minimum absolute atomic E-state index is 0.0133. The Bertz CT molecular complexity index is 448. The van der Waals surface area contributed by atoms with E-state index in [9.17, 15) is 4.79 Å². The molecule has 1 aliphatic heterocycles. The normalized spacial score (nSPS) is 19.3. The second-order valence-corrected chi connectivity index (χ2v) is 6.90. The molecule has 0 saturated carbocycles. The first kappa shape index (κ1) is 13.2. The molecule has 0 aliphatic carbocycles. The van der Waals surface area contributed by atoms with E-state index in [-0.39, 0.29) is 10.7 Å². The Morgan fingerprint density at radius 3 is 2.94 bits per heavy atom. The molecule has 2 N–H and O–H groups in total. The molecule has 1 aromatic rings. The molecule has 18 heavy (non-hydrogen) atoms. The predicted octanol–water partition coefficient (Wildman–Crippen LogP) is 2.02. The van der Waals surface area contributed by atoms with Gasteiger partial charge in [0.25, 0.3) is 5.91 Å². The van der Waals surface area contributed by atoms with Crippen molar-refractivity contribution in [2.75, 3.05) is 24.6 Å². The van der Waals surface area contributed by atoms with E-state index in [0.717, 1.165) is 25.3 Å². The molecule has 2 rings (SSSR count). The van der Waals surface area contributed by atoms with Gasteiger partial charge >= 0.3 is 0 Å². The molecule has 1 aromatic heterocycles. The van der Waals surface area contributed by atoms with E-state index in [4.69, 9.17) is 5.73 Å². The van der Waals surface area contributed by atoms with Gasteiger partial charge in [0.1, 0.15) is 11.5 Å². The highest BCUT2D eigenvalue weighted by Crippen LogP contribution is 2.30. The molecule has 1 fully saturated rings. The van der Waals surface area contributed by atoms with Crippen LogP contribution in [-0.4, -0.2) is 39.4 Å². The van der Waals surface area contributed by atoms with E-state index in [1.807, 2.05) is 16.7 Å². The summed E-state index contributed by atoms with van der Waals surface area (Å²) >= 11 is 1.92. The van der Waals surface area contributed by atoms with Gasteiger partial charge in [-0.15, -0.1) is 0 Å². The van der Waals surface area contributed by atoms with Crippen molar-refractivity contribution in [2.24, 2.45) is 0 Å². The molecule has 2 heterocycles. The van der Waals surface area contributed by atoms with Crippen molar-refractivity contribution in [1.29, 1.82) is 0 Å². The van der Waals surface area contributed by atoms with Crippen molar-refractivity contribution in [3.63, 3.8) is 0 Å². The first-order valence-corrected chi connectivity index (χ1v) is 7.12. The zero-order valence-corrected chi connectivity index (χ0v) is 11.7. The summed E-state index contributed by atoms with van der Waals surface area (Å²) in [6.07, 6.45) is 1.01. The number of nitrogens with zero attached hydrogens (tertiary/aromatic N) is 2. The van der Waals surface area contributed by atoms with Crippen LogP contribution in [-0.2, 0) is 0 Å². The SMILES string of the molecule is CC1(C)CCN(C(=O)c2cccc(N)n2)CCS1. The number of carbonyl (C=O) groups excluding carboxylic acids is 1. The minimum atomic E-state index is -0.0133. The third-order valence-electron chi connectivity index (χ3n) is 3.11. The number of nitrogens with two attached hydrogens (primary N) is 1. The lowest BCUT2D eigenvalue weighted by Crippen LogP contribution is -2.34. The first-order chi connectivity index (χ1) is 8.48. The summed E-state index contributed by atoms with van der Waals surface area (Å²) in [5.74, 6) is 1.35. The average Bonchev–Trinajstić information content (AvgIpc) is 2.49. The second-order valence-electron chi connectivity index (χ2n) is 5.10. The van der Waals surface area contributed by atoms with Gasteiger partial charge in [-0.3, -0.25) is 4.79 Å². The Morgan fingerprint density at radius 2 is 2.22 bits per heavy atom. The lowest BCUT2D eigenvalue weighted by molar-refractivity contribution is 0.0759. The van der Waals surface area contributed by atoms with Crippen LogP contribution < -0.4 is 5.73 Å². The maximum atomic E-state index is 12.3. The summed E-state index contributed by atoms with van der Waals surface area (Å²) in [7, 11) is 0. The zero-order valence-electron chi connectivity index (χ0n) is 10.8. The molecule has 1 aliphatic rings. The molecule has 0 spiro atoms. The van der Waals surface area contributed by atoms with Crippen molar-refractivity contribution in [3.05, 3.63) is 23.9 Å². The molecule has 0 unspecified atom stereocenters. The lowest BCUT2D eigenvalue weighted by Gasteiger charge is -2.22. The molecule has 1 amide bonds. The first-order valence-electron chi connectivity index (χ1n) is 6.14. The van der Waals surface area contributed by atoms with Gasteiger partial charge in [-0.2, -0.15) is 11.8 Å². The smallest absolute Gasteiger partial charge is 0.272 e. The van der Waals surface area contributed by atoms with Gasteiger partial charge < -0.3 is 10.6 Å². The number of hydrogen-bond donors (Lipinski definition) is 1. The van der Waals surface area contributed by atoms with Crippen LogP contribution in [0.1, 0.15) is 30.8 Å². The van der Waals surface area contributed by atoms with E-state index >= 15 is 0 Å². The maximum absolute atomic E-state index is 12.3. The molecule has 4 nitrogen and oxygen atoms in total. The van der Waals surface area contributed by atoms with Crippen LogP contribution in [0.4, 0.5) is 5.82 Å². The summed E-state index contributed by atoms with van der Waals surface area (Å²) in [5, 5.41) is 0. The van der Waals surface area contributed by atoms with Crippen LogP contribution in [0.5, 0.6) is 0 Å². The molecule has 5 heteroatoms. The Morgan fingerprint density at radius 1 is 1.44 bits per heavy atom.